The molecule has 1 aliphatic heterocycles. The standard InChI is InChI=1S/C13H18N4O3/c1-2-13(11(18)19)3-5-17(6-4-13)12(20)16-10-7-14-9-15-8-10/h7-9H,2-6H2,1H3,(H,16,20)(H,18,19). The van der Waals surface area contributed by atoms with E-state index in [-0.39, 0.29) is 6.03 Å². The number of hydrogen-bond acceptors (Lipinski definition) is 4. The minimum absolute atomic E-state index is 0.241. The highest BCUT2D eigenvalue weighted by molar-refractivity contribution is 5.89. The van der Waals surface area contributed by atoms with E-state index in [1.807, 2.05) is 6.92 Å². The van der Waals surface area contributed by atoms with Gasteiger partial charge in [0.25, 0.3) is 0 Å². The number of nitrogens with one attached hydrogen (secondary N) is 1. The second-order valence-corrected chi connectivity index (χ2v) is 4.98. The van der Waals surface area contributed by atoms with Gasteiger partial charge in [0.1, 0.15) is 6.33 Å². The molecule has 0 spiro atoms. The molecule has 7 heteroatoms. The highest BCUT2D eigenvalue weighted by Crippen LogP contribution is 2.35. The summed E-state index contributed by atoms with van der Waals surface area (Å²) in [5.41, 5.74) is -0.157. The van der Waals surface area contributed by atoms with Gasteiger partial charge in [-0.2, -0.15) is 0 Å². The first-order chi connectivity index (χ1) is 9.57. The van der Waals surface area contributed by atoms with E-state index in [0.717, 1.165) is 0 Å². The van der Waals surface area contributed by atoms with Crippen LogP contribution in [0.2, 0.25) is 0 Å². The predicted octanol–water partition coefficient (Wildman–Crippen LogP) is 1.59. The van der Waals surface area contributed by atoms with Crippen molar-refractivity contribution in [2.24, 2.45) is 5.41 Å². The summed E-state index contributed by atoms with van der Waals surface area (Å²) in [5, 5.41) is 12.0. The van der Waals surface area contributed by atoms with Crippen LogP contribution >= 0.6 is 0 Å². The van der Waals surface area contributed by atoms with Gasteiger partial charge in [0, 0.05) is 13.1 Å². The van der Waals surface area contributed by atoms with Crippen molar-refractivity contribution in [3.8, 4) is 0 Å². The van der Waals surface area contributed by atoms with E-state index in [4.69, 9.17) is 0 Å². The van der Waals surface area contributed by atoms with Crippen LogP contribution in [0.3, 0.4) is 0 Å². The molecule has 0 saturated carbocycles. The number of amides is 2. The summed E-state index contributed by atoms with van der Waals surface area (Å²) in [6.07, 6.45) is 5.98. The molecule has 1 aromatic rings. The lowest BCUT2D eigenvalue weighted by atomic mass is 9.76. The van der Waals surface area contributed by atoms with Gasteiger partial charge in [0.05, 0.1) is 23.5 Å². The summed E-state index contributed by atoms with van der Waals surface area (Å²) in [6, 6.07) is -0.241. The van der Waals surface area contributed by atoms with Gasteiger partial charge in [-0.3, -0.25) is 4.79 Å². The Morgan fingerprint density at radius 2 is 1.95 bits per heavy atom. The van der Waals surface area contributed by atoms with Crippen LogP contribution in [0.15, 0.2) is 18.7 Å². The lowest BCUT2D eigenvalue weighted by molar-refractivity contribution is -0.151. The quantitative estimate of drug-likeness (QED) is 0.875. The largest absolute Gasteiger partial charge is 0.481 e. The Labute approximate surface area is 117 Å². The van der Waals surface area contributed by atoms with E-state index in [9.17, 15) is 14.7 Å². The van der Waals surface area contributed by atoms with Crippen LogP contribution in [-0.4, -0.2) is 45.1 Å². The van der Waals surface area contributed by atoms with Crippen LogP contribution in [-0.2, 0) is 4.79 Å². The molecule has 2 N–H and O–H groups in total. The van der Waals surface area contributed by atoms with Crippen LogP contribution in [0, 0.1) is 5.41 Å². The summed E-state index contributed by atoms with van der Waals surface area (Å²) < 4.78 is 0. The Morgan fingerprint density at radius 3 is 2.45 bits per heavy atom. The fourth-order valence-electron chi connectivity index (χ4n) is 2.42. The molecule has 0 bridgehead atoms. The molecule has 0 aliphatic carbocycles. The zero-order valence-corrected chi connectivity index (χ0v) is 11.4. The van der Waals surface area contributed by atoms with Crippen LogP contribution in [0.5, 0.6) is 0 Å². The molecule has 2 heterocycles. The highest BCUT2D eigenvalue weighted by atomic mass is 16.4. The third-order valence-corrected chi connectivity index (χ3v) is 3.95. The van der Waals surface area contributed by atoms with Gasteiger partial charge in [-0.05, 0) is 19.3 Å². The maximum atomic E-state index is 12.0. The number of rotatable bonds is 3. The number of piperidine rings is 1. The van der Waals surface area contributed by atoms with Crippen molar-refractivity contribution in [2.75, 3.05) is 18.4 Å². The topological polar surface area (TPSA) is 95.4 Å². The fourth-order valence-corrected chi connectivity index (χ4v) is 2.42. The first-order valence-corrected chi connectivity index (χ1v) is 6.62. The normalized spacial score (nSPS) is 17.6. The summed E-state index contributed by atoms with van der Waals surface area (Å²) in [7, 11) is 0. The maximum Gasteiger partial charge on any atom is 0.321 e. The SMILES string of the molecule is CCC1(C(=O)O)CCN(C(=O)Nc2cncnc2)CC1. The van der Waals surface area contributed by atoms with E-state index in [0.29, 0.717) is 38.0 Å². The Kier molecular flexibility index (Phi) is 4.16. The molecule has 1 aliphatic rings. The van der Waals surface area contributed by atoms with Crippen LogP contribution in [0.4, 0.5) is 10.5 Å². The molecule has 7 nitrogen and oxygen atoms in total. The summed E-state index contributed by atoms with van der Waals surface area (Å²) >= 11 is 0. The lowest BCUT2D eigenvalue weighted by Gasteiger charge is -2.38. The molecule has 2 amide bonds. The van der Waals surface area contributed by atoms with E-state index in [1.54, 1.807) is 4.90 Å². The summed E-state index contributed by atoms with van der Waals surface area (Å²) in [6.45, 7) is 2.77. The molecule has 0 atom stereocenters. The van der Waals surface area contributed by atoms with Crippen molar-refractivity contribution >= 4 is 17.7 Å². The van der Waals surface area contributed by atoms with Crippen LogP contribution in [0.1, 0.15) is 26.2 Å². The Hall–Kier alpha value is -2.18. The molecule has 0 aromatic carbocycles. The number of hydrogen-bond donors (Lipinski definition) is 2. The van der Waals surface area contributed by atoms with E-state index in [1.165, 1.54) is 18.7 Å². The van der Waals surface area contributed by atoms with Gasteiger partial charge in [-0.1, -0.05) is 6.92 Å². The minimum atomic E-state index is -0.767. The van der Waals surface area contributed by atoms with Crippen molar-refractivity contribution in [3.63, 3.8) is 0 Å². The van der Waals surface area contributed by atoms with Crippen molar-refractivity contribution < 1.29 is 14.7 Å². The minimum Gasteiger partial charge on any atom is -0.481 e. The Balaban J connectivity index is 1.94. The summed E-state index contributed by atoms with van der Waals surface area (Å²) in [4.78, 5) is 32.7. The molecule has 20 heavy (non-hydrogen) atoms. The third-order valence-electron chi connectivity index (χ3n) is 3.95. The smallest absolute Gasteiger partial charge is 0.321 e. The second-order valence-electron chi connectivity index (χ2n) is 4.98. The number of carbonyl (C=O) groups excluding carboxylic acids is 1. The van der Waals surface area contributed by atoms with Gasteiger partial charge in [-0.25, -0.2) is 14.8 Å². The van der Waals surface area contributed by atoms with Crippen molar-refractivity contribution in [3.05, 3.63) is 18.7 Å². The van der Waals surface area contributed by atoms with Crippen LogP contribution < -0.4 is 5.32 Å². The van der Waals surface area contributed by atoms with Crippen molar-refractivity contribution in [2.45, 2.75) is 26.2 Å². The molecule has 108 valence electrons. The van der Waals surface area contributed by atoms with Gasteiger partial charge in [0.15, 0.2) is 0 Å². The molecular weight excluding hydrogens is 260 g/mol. The number of carboxylic acid groups (broad SMARTS) is 1. The van der Waals surface area contributed by atoms with E-state index < -0.39 is 11.4 Å². The Morgan fingerprint density at radius 1 is 1.35 bits per heavy atom. The number of aliphatic carboxylic acids is 1. The van der Waals surface area contributed by atoms with E-state index in [2.05, 4.69) is 15.3 Å². The predicted molar refractivity (Wildman–Crippen MR) is 72.2 cm³/mol. The second kappa shape index (κ2) is 5.85. The molecule has 1 fully saturated rings. The average Bonchev–Trinajstić information content (AvgIpc) is 2.48. The van der Waals surface area contributed by atoms with Crippen molar-refractivity contribution in [1.82, 2.24) is 14.9 Å². The molecule has 1 saturated heterocycles. The number of nitrogens with zero attached hydrogens (tertiary/aromatic N) is 3. The number of carbonyl (C=O) groups is 2. The molecule has 0 unspecified atom stereocenters. The highest BCUT2D eigenvalue weighted by Gasteiger charge is 2.40. The number of anilines is 1. The number of carboxylic acids is 1. The number of aromatic nitrogens is 2. The van der Waals surface area contributed by atoms with Gasteiger partial charge >= 0.3 is 12.0 Å². The third kappa shape index (κ3) is 2.87. The first-order valence-electron chi connectivity index (χ1n) is 6.62. The molecule has 1 aromatic heterocycles. The number of likely N-dealkylation sites (tertiary alicyclic amines) is 1. The van der Waals surface area contributed by atoms with Crippen LogP contribution in [0.25, 0.3) is 0 Å². The molecule has 0 radical (unpaired) electrons. The van der Waals surface area contributed by atoms with Gasteiger partial charge in [0.2, 0.25) is 0 Å². The monoisotopic (exact) mass is 278 g/mol. The molecule has 2 rings (SSSR count). The lowest BCUT2D eigenvalue weighted by Crippen LogP contribution is -2.47. The first kappa shape index (κ1) is 14.2. The van der Waals surface area contributed by atoms with E-state index >= 15 is 0 Å². The van der Waals surface area contributed by atoms with Crippen molar-refractivity contribution in [1.29, 1.82) is 0 Å². The Bertz CT molecular complexity index is 484. The summed E-state index contributed by atoms with van der Waals surface area (Å²) in [5.74, 6) is -0.767. The maximum absolute atomic E-state index is 12.0. The number of urea groups is 1. The van der Waals surface area contributed by atoms with Gasteiger partial charge < -0.3 is 15.3 Å². The zero-order chi connectivity index (χ0) is 14.6. The zero-order valence-electron chi connectivity index (χ0n) is 11.4. The fraction of sp³-hybridized carbons (Fsp3) is 0.538. The average molecular weight is 278 g/mol. The molecular formula is C13H18N4O3. The van der Waals surface area contributed by atoms with Gasteiger partial charge in [-0.15, -0.1) is 0 Å².